The summed E-state index contributed by atoms with van der Waals surface area (Å²) in [5.41, 5.74) is 1.06. The molecule has 1 fully saturated rings. The van der Waals surface area contributed by atoms with Gasteiger partial charge in [-0.05, 0) is 0 Å². The molecule has 0 saturated carbocycles. The number of nitrogens with zero attached hydrogens (tertiary/aromatic N) is 4. The van der Waals surface area contributed by atoms with Crippen LogP contribution in [0.15, 0.2) is 12.4 Å². The first-order valence-electron chi connectivity index (χ1n) is 6.11. The van der Waals surface area contributed by atoms with Crippen molar-refractivity contribution in [2.45, 2.75) is 12.6 Å². The molecular weight excluding hydrogens is 232 g/mol. The number of aliphatic hydroxyl groups excluding tert-OH is 1. The summed E-state index contributed by atoms with van der Waals surface area (Å²) in [6, 6.07) is 0.0762. The van der Waals surface area contributed by atoms with Crippen molar-refractivity contribution >= 4 is 5.95 Å². The quantitative estimate of drug-likeness (QED) is 0.796. The second-order valence-corrected chi connectivity index (χ2v) is 4.67. The van der Waals surface area contributed by atoms with Crippen LogP contribution in [0.3, 0.4) is 0 Å². The molecule has 0 aromatic carbocycles. The van der Waals surface area contributed by atoms with Crippen molar-refractivity contribution in [2.75, 3.05) is 45.4 Å². The molecule has 0 spiro atoms. The maximum absolute atomic E-state index is 9.30. The average Bonchev–Trinajstić information content (AvgIpc) is 2.40. The van der Waals surface area contributed by atoms with Crippen LogP contribution in [0.5, 0.6) is 0 Å². The Labute approximate surface area is 107 Å². The van der Waals surface area contributed by atoms with Gasteiger partial charge in [-0.15, -0.1) is 0 Å². The Morgan fingerprint density at radius 2 is 2.17 bits per heavy atom. The van der Waals surface area contributed by atoms with Crippen LogP contribution in [0.2, 0.25) is 0 Å². The Bertz CT molecular complexity index is 369. The van der Waals surface area contributed by atoms with E-state index in [-0.39, 0.29) is 12.6 Å². The van der Waals surface area contributed by atoms with E-state index < -0.39 is 0 Å². The molecule has 0 unspecified atom stereocenters. The van der Waals surface area contributed by atoms with Gasteiger partial charge in [0.25, 0.3) is 0 Å². The molecule has 1 aliphatic rings. The van der Waals surface area contributed by atoms with Gasteiger partial charge in [-0.25, -0.2) is 9.97 Å². The summed E-state index contributed by atoms with van der Waals surface area (Å²) >= 11 is 0. The molecule has 0 amide bonds. The molecule has 6 heteroatoms. The van der Waals surface area contributed by atoms with Gasteiger partial charge in [0.1, 0.15) is 0 Å². The maximum Gasteiger partial charge on any atom is 0.224 e. The van der Waals surface area contributed by atoms with Gasteiger partial charge in [0.05, 0.1) is 25.9 Å². The van der Waals surface area contributed by atoms with Crippen molar-refractivity contribution in [3.63, 3.8) is 0 Å². The Morgan fingerprint density at radius 1 is 1.44 bits per heavy atom. The highest BCUT2D eigenvalue weighted by Crippen LogP contribution is 2.12. The molecule has 1 aliphatic heterocycles. The minimum Gasteiger partial charge on any atom is -0.395 e. The molecule has 2 heterocycles. The second-order valence-electron chi connectivity index (χ2n) is 4.67. The predicted octanol–water partition coefficient (Wildman–Crippen LogP) is -0.264. The summed E-state index contributed by atoms with van der Waals surface area (Å²) in [7, 11) is 3.83. The van der Waals surface area contributed by atoms with Gasteiger partial charge in [0, 0.05) is 45.1 Å². The topological polar surface area (TPSA) is 61.7 Å². The minimum atomic E-state index is 0.0762. The first kappa shape index (κ1) is 13.2. The fourth-order valence-corrected chi connectivity index (χ4v) is 1.96. The van der Waals surface area contributed by atoms with E-state index in [4.69, 9.17) is 4.74 Å². The van der Waals surface area contributed by atoms with Crippen molar-refractivity contribution in [2.24, 2.45) is 0 Å². The normalized spacial score (nSPS) is 20.9. The summed E-state index contributed by atoms with van der Waals surface area (Å²) in [6.45, 7) is 3.01. The zero-order valence-corrected chi connectivity index (χ0v) is 10.9. The van der Waals surface area contributed by atoms with Gasteiger partial charge in [-0.3, -0.25) is 4.90 Å². The molecule has 1 saturated heterocycles. The van der Waals surface area contributed by atoms with Crippen molar-refractivity contribution in [1.29, 1.82) is 0 Å². The van der Waals surface area contributed by atoms with Crippen molar-refractivity contribution in [3.05, 3.63) is 18.0 Å². The number of hydrogen-bond acceptors (Lipinski definition) is 6. The van der Waals surface area contributed by atoms with E-state index >= 15 is 0 Å². The SMILES string of the molecule is CN(C)c1ncc(CN2CCOC[C@H]2CO)cn1. The van der Waals surface area contributed by atoms with Gasteiger partial charge in [0.2, 0.25) is 5.95 Å². The lowest BCUT2D eigenvalue weighted by atomic mass is 10.2. The Morgan fingerprint density at radius 3 is 2.78 bits per heavy atom. The average molecular weight is 252 g/mol. The molecule has 6 nitrogen and oxygen atoms in total. The lowest BCUT2D eigenvalue weighted by molar-refractivity contribution is -0.0313. The monoisotopic (exact) mass is 252 g/mol. The summed E-state index contributed by atoms with van der Waals surface area (Å²) in [5.74, 6) is 0.708. The summed E-state index contributed by atoms with van der Waals surface area (Å²) < 4.78 is 5.35. The lowest BCUT2D eigenvalue weighted by Gasteiger charge is -2.34. The summed E-state index contributed by atoms with van der Waals surface area (Å²) in [4.78, 5) is 12.7. The third kappa shape index (κ3) is 3.16. The van der Waals surface area contributed by atoms with Gasteiger partial charge in [-0.1, -0.05) is 0 Å². The fourth-order valence-electron chi connectivity index (χ4n) is 1.96. The third-order valence-corrected chi connectivity index (χ3v) is 3.04. The maximum atomic E-state index is 9.30. The number of hydrogen-bond donors (Lipinski definition) is 1. The van der Waals surface area contributed by atoms with Gasteiger partial charge < -0.3 is 14.7 Å². The molecule has 0 aliphatic carbocycles. The van der Waals surface area contributed by atoms with Crippen LogP contribution in [0, 0.1) is 0 Å². The molecular formula is C12H20N4O2. The van der Waals surface area contributed by atoms with Crippen LogP contribution in [-0.2, 0) is 11.3 Å². The van der Waals surface area contributed by atoms with E-state index in [1.807, 2.05) is 31.4 Å². The molecule has 1 aromatic rings. The molecule has 100 valence electrons. The first-order chi connectivity index (χ1) is 8.70. The van der Waals surface area contributed by atoms with Gasteiger partial charge >= 0.3 is 0 Å². The molecule has 0 radical (unpaired) electrons. The van der Waals surface area contributed by atoms with Crippen molar-refractivity contribution < 1.29 is 9.84 Å². The smallest absolute Gasteiger partial charge is 0.224 e. The van der Waals surface area contributed by atoms with Crippen LogP contribution in [-0.4, -0.2) is 66.5 Å². The van der Waals surface area contributed by atoms with Crippen LogP contribution >= 0.6 is 0 Å². The van der Waals surface area contributed by atoms with Gasteiger partial charge in [0.15, 0.2) is 0 Å². The van der Waals surface area contributed by atoms with Crippen LogP contribution in [0.1, 0.15) is 5.56 Å². The van der Waals surface area contributed by atoms with Gasteiger partial charge in [-0.2, -0.15) is 0 Å². The second kappa shape index (κ2) is 6.08. The number of anilines is 1. The van der Waals surface area contributed by atoms with Crippen molar-refractivity contribution in [3.8, 4) is 0 Å². The molecule has 18 heavy (non-hydrogen) atoms. The van der Waals surface area contributed by atoms with E-state index in [9.17, 15) is 5.11 Å². The number of rotatable bonds is 4. The fraction of sp³-hybridized carbons (Fsp3) is 0.667. The highest BCUT2D eigenvalue weighted by atomic mass is 16.5. The molecule has 1 atom stereocenters. The molecule has 1 N–H and O–H groups in total. The molecule has 0 bridgehead atoms. The lowest BCUT2D eigenvalue weighted by Crippen LogP contribution is -2.46. The predicted molar refractivity (Wildman–Crippen MR) is 68.5 cm³/mol. The highest BCUT2D eigenvalue weighted by molar-refractivity contribution is 5.26. The van der Waals surface area contributed by atoms with E-state index in [2.05, 4.69) is 14.9 Å². The van der Waals surface area contributed by atoms with E-state index in [0.29, 0.717) is 19.2 Å². The summed E-state index contributed by atoms with van der Waals surface area (Å²) in [6.07, 6.45) is 3.68. The van der Waals surface area contributed by atoms with Crippen LogP contribution < -0.4 is 4.90 Å². The number of ether oxygens (including phenoxy) is 1. The standard InChI is InChI=1S/C12H20N4O2/c1-15(2)12-13-5-10(6-14-12)7-16-3-4-18-9-11(16)8-17/h5-6,11,17H,3-4,7-9H2,1-2H3/t11-/m1/s1. The zero-order chi connectivity index (χ0) is 13.0. The van der Waals surface area contributed by atoms with Crippen LogP contribution in [0.4, 0.5) is 5.95 Å². The van der Waals surface area contributed by atoms with Crippen molar-refractivity contribution in [1.82, 2.24) is 14.9 Å². The van der Waals surface area contributed by atoms with E-state index in [1.165, 1.54) is 0 Å². The van der Waals surface area contributed by atoms with E-state index in [0.717, 1.165) is 18.7 Å². The third-order valence-electron chi connectivity index (χ3n) is 3.04. The number of aliphatic hydroxyl groups is 1. The molecule has 2 rings (SSSR count). The largest absolute Gasteiger partial charge is 0.395 e. The number of aromatic nitrogens is 2. The Balaban J connectivity index is 1.99. The zero-order valence-electron chi connectivity index (χ0n) is 10.9. The number of morpholine rings is 1. The van der Waals surface area contributed by atoms with E-state index in [1.54, 1.807) is 0 Å². The first-order valence-corrected chi connectivity index (χ1v) is 6.11. The Kier molecular flexibility index (Phi) is 4.46. The minimum absolute atomic E-state index is 0.0762. The Hall–Kier alpha value is -1.24. The summed E-state index contributed by atoms with van der Waals surface area (Å²) in [5, 5.41) is 9.30. The molecule has 1 aromatic heterocycles. The van der Waals surface area contributed by atoms with Crippen LogP contribution in [0.25, 0.3) is 0 Å². The highest BCUT2D eigenvalue weighted by Gasteiger charge is 2.22.